The van der Waals surface area contributed by atoms with Gasteiger partial charge in [-0.1, -0.05) is 0 Å². The van der Waals surface area contributed by atoms with Gasteiger partial charge in [-0.05, 0) is 49.5 Å². The number of hydrogen-bond acceptors (Lipinski definition) is 4. The number of benzene rings is 1. The molecule has 1 heterocycles. The summed E-state index contributed by atoms with van der Waals surface area (Å²) in [7, 11) is 1.68. The minimum absolute atomic E-state index is 0.703. The molecule has 0 atom stereocenters. The predicted molar refractivity (Wildman–Crippen MR) is 79.9 cm³/mol. The Morgan fingerprint density at radius 2 is 2.16 bits per heavy atom. The van der Waals surface area contributed by atoms with Gasteiger partial charge in [-0.15, -0.1) is 0 Å². The molecular formula is C15H21N3O. The van der Waals surface area contributed by atoms with Crippen LogP contribution >= 0.6 is 0 Å². The van der Waals surface area contributed by atoms with Gasteiger partial charge in [0.2, 0.25) is 0 Å². The van der Waals surface area contributed by atoms with Gasteiger partial charge in [-0.25, -0.2) is 4.98 Å². The van der Waals surface area contributed by atoms with Crippen LogP contribution < -0.4 is 15.4 Å². The fraction of sp³-hybridized carbons (Fsp3) is 0.400. The van der Waals surface area contributed by atoms with Crippen molar-refractivity contribution in [3.8, 4) is 5.75 Å². The highest BCUT2D eigenvalue weighted by Gasteiger charge is 2.10. The standard InChI is InChI=1S/C15H21N3O/c1-3-18(10-4-8-16)15-14-6-5-13(19-2)11-12(14)7-9-17-15/h5-7,9,11H,3-4,8,10,16H2,1-2H3. The van der Waals surface area contributed by atoms with E-state index < -0.39 is 0 Å². The number of rotatable bonds is 6. The zero-order chi connectivity index (χ0) is 13.7. The van der Waals surface area contributed by atoms with Crippen molar-refractivity contribution in [2.24, 2.45) is 5.73 Å². The number of anilines is 1. The predicted octanol–water partition coefficient (Wildman–Crippen LogP) is 2.42. The molecule has 2 N–H and O–H groups in total. The smallest absolute Gasteiger partial charge is 0.136 e. The zero-order valence-electron chi connectivity index (χ0n) is 11.6. The van der Waals surface area contributed by atoms with Gasteiger partial charge in [0.15, 0.2) is 0 Å². The van der Waals surface area contributed by atoms with E-state index in [1.54, 1.807) is 7.11 Å². The normalized spacial score (nSPS) is 10.7. The lowest BCUT2D eigenvalue weighted by atomic mass is 10.1. The Hall–Kier alpha value is -1.81. The first-order chi connectivity index (χ1) is 9.30. The maximum Gasteiger partial charge on any atom is 0.136 e. The van der Waals surface area contributed by atoms with Crippen molar-refractivity contribution in [3.05, 3.63) is 30.5 Å². The van der Waals surface area contributed by atoms with Crippen molar-refractivity contribution in [2.45, 2.75) is 13.3 Å². The number of hydrogen-bond donors (Lipinski definition) is 1. The summed E-state index contributed by atoms with van der Waals surface area (Å²) in [4.78, 5) is 6.80. The maximum atomic E-state index is 5.60. The molecule has 0 saturated carbocycles. The molecule has 4 nitrogen and oxygen atoms in total. The first-order valence-corrected chi connectivity index (χ1v) is 6.68. The molecule has 0 saturated heterocycles. The molecule has 2 aromatic rings. The third-order valence-corrected chi connectivity index (χ3v) is 3.26. The van der Waals surface area contributed by atoms with Crippen LogP contribution in [0.2, 0.25) is 0 Å². The fourth-order valence-electron chi connectivity index (χ4n) is 2.21. The van der Waals surface area contributed by atoms with Crippen LogP contribution in [0.4, 0.5) is 5.82 Å². The third kappa shape index (κ3) is 2.96. The lowest BCUT2D eigenvalue weighted by Crippen LogP contribution is -2.26. The number of aromatic nitrogens is 1. The lowest BCUT2D eigenvalue weighted by Gasteiger charge is -2.23. The zero-order valence-corrected chi connectivity index (χ0v) is 11.6. The van der Waals surface area contributed by atoms with Crippen molar-refractivity contribution in [1.82, 2.24) is 4.98 Å². The summed E-state index contributed by atoms with van der Waals surface area (Å²) >= 11 is 0. The van der Waals surface area contributed by atoms with E-state index in [-0.39, 0.29) is 0 Å². The van der Waals surface area contributed by atoms with Crippen molar-refractivity contribution in [2.75, 3.05) is 31.6 Å². The Morgan fingerprint density at radius 1 is 1.32 bits per heavy atom. The molecule has 0 aliphatic rings. The Kier molecular flexibility index (Phi) is 4.58. The third-order valence-electron chi connectivity index (χ3n) is 3.26. The number of pyridine rings is 1. The van der Waals surface area contributed by atoms with Crippen LogP contribution in [0, 0.1) is 0 Å². The van der Waals surface area contributed by atoms with Crippen molar-refractivity contribution in [3.63, 3.8) is 0 Å². The lowest BCUT2D eigenvalue weighted by molar-refractivity contribution is 0.415. The quantitative estimate of drug-likeness (QED) is 0.865. The van der Waals surface area contributed by atoms with Crippen LogP contribution in [0.3, 0.4) is 0 Å². The largest absolute Gasteiger partial charge is 0.497 e. The highest BCUT2D eigenvalue weighted by atomic mass is 16.5. The second-order valence-corrected chi connectivity index (χ2v) is 4.44. The molecule has 0 aliphatic heterocycles. The summed E-state index contributed by atoms with van der Waals surface area (Å²) in [6, 6.07) is 8.10. The average Bonchev–Trinajstić information content (AvgIpc) is 2.47. The number of ether oxygens (including phenoxy) is 1. The van der Waals surface area contributed by atoms with Gasteiger partial charge in [0, 0.05) is 24.7 Å². The molecule has 0 aliphatic carbocycles. The van der Waals surface area contributed by atoms with Gasteiger partial charge in [0.05, 0.1) is 7.11 Å². The van der Waals surface area contributed by atoms with E-state index in [4.69, 9.17) is 10.5 Å². The van der Waals surface area contributed by atoms with Gasteiger partial charge in [-0.2, -0.15) is 0 Å². The number of fused-ring (bicyclic) bond motifs is 1. The first kappa shape index (κ1) is 13.6. The Bertz CT molecular complexity index is 542. The molecular weight excluding hydrogens is 238 g/mol. The van der Waals surface area contributed by atoms with Gasteiger partial charge in [0.25, 0.3) is 0 Å². The topological polar surface area (TPSA) is 51.4 Å². The molecule has 0 fully saturated rings. The molecule has 0 radical (unpaired) electrons. The van der Waals surface area contributed by atoms with E-state index >= 15 is 0 Å². The van der Waals surface area contributed by atoms with Crippen molar-refractivity contribution >= 4 is 16.6 Å². The SMILES string of the molecule is CCN(CCCN)c1nccc2cc(OC)ccc12. The summed E-state index contributed by atoms with van der Waals surface area (Å²) in [5.41, 5.74) is 5.60. The number of methoxy groups -OCH3 is 1. The molecule has 0 amide bonds. The fourth-order valence-corrected chi connectivity index (χ4v) is 2.21. The van der Waals surface area contributed by atoms with Crippen LogP contribution in [-0.2, 0) is 0 Å². The van der Waals surface area contributed by atoms with E-state index in [1.807, 2.05) is 24.4 Å². The Balaban J connectivity index is 2.41. The summed E-state index contributed by atoms with van der Waals surface area (Å²) < 4.78 is 5.26. The van der Waals surface area contributed by atoms with E-state index in [0.29, 0.717) is 6.54 Å². The van der Waals surface area contributed by atoms with Crippen molar-refractivity contribution < 1.29 is 4.74 Å². The van der Waals surface area contributed by atoms with Gasteiger partial charge < -0.3 is 15.4 Å². The first-order valence-electron chi connectivity index (χ1n) is 6.68. The maximum absolute atomic E-state index is 5.60. The number of nitrogens with two attached hydrogens (primary N) is 1. The Morgan fingerprint density at radius 3 is 2.84 bits per heavy atom. The minimum Gasteiger partial charge on any atom is -0.497 e. The molecule has 4 heteroatoms. The molecule has 0 spiro atoms. The molecule has 1 aromatic heterocycles. The molecule has 1 aromatic carbocycles. The molecule has 0 unspecified atom stereocenters. The average molecular weight is 259 g/mol. The van der Waals surface area contributed by atoms with E-state index in [9.17, 15) is 0 Å². The molecule has 2 rings (SSSR count). The Labute approximate surface area is 114 Å². The summed E-state index contributed by atoms with van der Waals surface area (Å²) in [5.74, 6) is 1.89. The van der Waals surface area contributed by atoms with Crippen LogP contribution in [0.25, 0.3) is 10.8 Å². The number of nitrogens with zero attached hydrogens (tertiary/aromatic N) is 2. The minimum atomic E-state index is 0.703. The van der Waals surface area contributed by atoms with Crippen LogP contribution in [-0.4, -0.2) is 31.7 Å². The van der Waals surface area contributed by atoms with Crippen LogP contribution in [0.1, 0.15) is 13.3 Å². The van der Waals surface area contributed by atoms with E-state index in [0.717, 1.165) is 41.9 Å². The molecule has 19 heavy (non-hydrogen) atoms. The van der Waals surface area contributed by atoms with Gasteiger partial charge in [0.1, 0.15) is 11.6 Å². The highest BCUT2D eigenvalue weighted by molar-refractivity contribution is 5.93. The molecule has 0 bridgehead atoms. The van der Waals surface area contributed by atoms with Gasteiger partial charge in [-0.3, -0.25) is 0 Å². The summed E-state index contributed by atoms with van der Waals surface area (Å²) in [6.45, 7) is 4.71. The van der Waals surface area contributed by atoms with Crippen LogP contribution in [0.15, 0.2) is 30.5 Å². The van der Waals surface area contributed by atoms with Crippen LogP contribution in [0.5, 0.6) is 5.75 Å². The highest BCUT2D eigenvalue weighted by Crippen LogP contribution is 2.27. The van der Waals surface area contributed by atoms with Crippen molar-refractivity contribution in [1.29, 1.82) is 0 Å². The van der Waals surface area contributed by atoms with Gasteiger partial charge >= 0.3 is 0 Å². The summed E-state index contributed by atoms with van der Waals surface area (Å²) in [5, 5.41) is 2.30. The summed E-state index contributed by atoms with van der Waals surface area (Å²) in [6.07, 6.45) is 2.82. The monoisotopic (exact) mass is 259 g/mol. The van der Waals surface area contributed by atoms with E-state index in [1.165, 1.54) is 0 Å². The molecule has 102 valence electrons. The van der Waals surface area contributed by atoms with E-state index in [2.05, 4.69) is 22.9 Å². The second kappa shape index (κ2) is 6.38. The second-order valence-electron chi connectivity index (χ2n) is 4.44.